The topological polar surface area (TPSA) is 90.4 Å². The molecule has 3 heterocycles. The molecule has 2 aromatic heterocycles. The van der Waals surface area contributed by atoms with Gasteiger partial charge in [-0.2, -0.15) is 5.01 Å². The molecule has 33 heavy (non-hydrogen) atoms. The van der Waals surface area contributed by atoms with Crippen molar-refractivity contribution in [1.29, 1.82) is 0 Å². The Kier molecular flexibility index (Phi) is 6.77. The Labute approximate surface area is 199 Å². The predicted molar refractivity (Wildman–Crippen MR) is 125 cm³/mol. The highest BCUT2D eigenvalue weighted by Crippen LogP contribution is 2.31. The van der Waals surface area contributed by atoms with Crippen LogP contribution in [0.4, 0.5) is 15.9 Å². The van der Waals surface area contributed by atoms with Gasteiger partial charge in [-0.3, -0.25) is 15.2 Å². The van der Waals surface area contributed by atoms with Crippen LogP contribution in [0, 0.1) is 18.2 Å². The fourth-order valence-electron chi connectivity index (χ4n) is 3.47. The molecule has 0 radical (unpaired) electrons. The van der Waals surface area contributed by atoms with Crippen LogP contribution >= 0.6 is 23.2 Å². The summed E-state index contributed by atoms with van der Waals surface area (Å²) in [5.41, 5.74) is 4.20. The maximum absolute atomic E-state index is 14.9. The van der Waals surface area contributed by atoms with Gasteiger partial charge in [0, 0.05) is 30.1 Å². The number of pyridine rings is 2. The van der Waals surface area contributed by atoms with Crippen molar-refractivity contribution in [3.05, 3.63) is 69.8 Å². The van der Waals surface area contributed by atoms with Gasteiger partial charge < -0.3 is 10.4 Å². The third kappa shape index (κ3) is 4.92. The van der Waals surface area contributed by atoms with Gasteiger partial charge in [-0.05, 0) is 37.1 Å². The van der Waals surface area contributed by atoms with Gasteiger partial charge >= 0.3 is 0 Å². The van der Waals surface area contributed by atoms with Crippen LogP contribution in [0.2, 0.25) is 10.0 Å². The van der Waals surface area contributed by atoms with Crippen molar-refractivity contribution in [3.8, 4) is 23.5 Å². The number of nitrogens with one attached hydrogen (secondary N) is 2. The normalized spacial score (nSPS) is 15.8. The number of carbonyl (C=O) groups is 1. The summed E-state index contributed by atoms with van der Waals surface area (Å²) in [6.45, 7) is 0.653. The molecule has 3 N–H and O–H groups in total. The average molecular weight is 486 g/mol. The first-order valence-corrected chi connectivity index (χ1v) is 10.7. The molecule has 0 bridgehead atoms. The SMILES string of the molecule is C#Cc1cnccc1-c1cc(Cl)c(C(=O)Nc2cnc(NN3CCCC3O)c(Cl)c2)cc1F. The molecule has 1 atom stereocenters. The van der Waals surface area contributed by atoms with E-state index in [4.69, 9.17) is 29.6 Å². The number of aromatic nitrogens is 2. The lowest BCUT2D eigenvalue weighted by Gasteiger charge is -2.22. The summed E-state index contributed by atoms with van der Waals surface area (Å²) in [5.74, 6) is 1.50. The van der Waals surface area contributed by atoms with Crippen LogP contribution in [0.3, 0.4) is 0 Å². The predicted octanol–water partition coefficient (Wildman–Crippen LogP) is 4.56. The second kappa shape index (κ2) is 9.73. The summed E-state index contributed by atoms with van der Waals surface area (Å²) >= 11 is 12.6. The highest BCUT2D eigenvalue weighted by atomic mass is 35.5. The van der Waals surface area contributed by atoms with Crippen LogP contribution in [-0.2, 0) is 0 Å². The molecule has 0 saturated carbocycles. The Morgan fingerprint density at radius 3 is 2.76 bits per heavy atom. The summed E-state index contributed by atoms with van der Waals surface area (Å²) < 4.78 is 14.9. The Balaban J connectivity index is 1.53. The molecule has 1 aromatic carbocycles. The second-order valence-electron chi connectivity index (χ2n) is 7.31. The highest BCUT2D eigenvalue weighted by molar-refractivity contribution is 6.35. The molecule has 168 valence electrons. The number of amides is 1. The van der Waals surface area contributed by atoms with Crippen LogP contribution < -0.4 is 10.7 Å². The highest BCUT2D eigenvalue weighted by Gasteiger charge is 2.23. The number of benzene rings is 1. The number of hydrazine groups is 1. The molecule has 1 aliphatic heterocycles. The standard InChI is InChI=1S/C23H18Cl2FN5O2/c1-2-13-11-27-6-5-15(13)16-9-18(24)17(10-20(16)26)23(33)29-14-8-19(25)22(28-12-14)30-31-7-3-4-21(31)32/h1,5-6,8-12,21,32H,3-4,7H2,(H,28,30)(H,29,33). The number of anilines is 2. The Morgan fingerprint density at radius 2 is 2.06 bits per heavy atom. The van der Waals surface area contributed by atoms with Gasteiger partial charge in [-0.1, -0.05) is 29.1 Å². The maximum atomic E-state index is 14.9. The number of carbonyl (C=O) groups excluding carboxylic acids is 1. The lowest BCUT2D eigenvalue weighted by molar-refractivity contribution is 0.0560. The summed E-state index contributed by atoms with van der Waals surface area (Å²) in [5, 5.41) is 14.4. The molecule has 1 amide bonds. The summed E-state index contributed by atoms with van der Waals surface area (Å²) in [7, 11) is 0. The molecule has 0 spiro atoms. The molecule has 4 rings (SSSR count). The molecule has 10 heteroatoms. The largest absolute Gasteiger partial charge is 0.377 e. The van der Waals surface area contributed by atoms with Crippen LogP contribution in [-0.4, -0.2) is 38.8 Å². The molecule has 1 unspecified atom stereocenters. The zero-order valence-electron chi connectivity index (χ0n) is 17.1. The van der Waals surface area contributed by atoms with Crippen LogP contribution in [0.15, 0.2) is 42.9 Å². The van der Waals surface area contributed by atoms with E-state index in [-0.39, 0.29) is 21.2 Å². The first kappa shape index (κ1) is 23.0. The van der Waals surface area contributed by atoms with Crippen molar-refractivity contribution in [2.24, 2.45) is 0 Å². The van der Waals surface area contributed by atoms with Crippen molar-refractivity contribution in [2.75, 3.05) is 17.3 Å². The van der Waals surface area contributed by atoms with Crippen LogP contribution in [0.25, 0.3) is 11.1 Å². The number of halogens is 3. The molecule has 1 aliphatic rings. The van der Waals surface area contributed by atoms with Gasteiger partial charge in [0.15, 0.2) is 5.82 Å². The number of hydrogen-bond acceptors (Lipinski definition) is 6. The van der Waals surface area contributed by atoms with Gasteiger partial charge in [-0.25, -0.2) is 9.37 Å². The van der Waals surface area contributed by atoms with Crippen molar-refractivity contribution in [2.45, 2.75) is 19.1 Å². The van der Waals surface area contributed by atoms with E-state index in [9.17, 15) is 14.3 Å². The summed E-state index contributed by atoms with van der Waals surface area (Å²) in [4.78, 5) is 20.9. The van der Waals surface area contributed by atoms with E-state index in [1.807, 2.05) is 0 Å². The molecular weight excluding hydrogens is 468 g/mol. The van der Waals surface area contributed by atoms with Gasteiger partial charge in [0.1, 0.15) is 12.0 Å². The first-order chi connectivity index (χ1) is 15.9. The Morgan fingerprint density at radius 1 is 1.24 bits per heavy atom. The number of terminal acetylenes is 1. The van der Waals surface area contributed by atoms with Gasteiger partial charge in [-0.15, -0.1) is 6.42 Å². The van der Waals surface area contributed by atoms with Crippen molar-refractivity contribution in [1.82, 2.24) is 15.0 Å². The van der Waals surface area contributed by atoms with Crippen LogP contribution in [0.5, 0.6) is 0 Å². The monoisotopic (exact) mass is 485 g/mol. The number of nitrogens with zero attached hydrogens (tertiary/aromatic N) is 3. The molecular formula is C23H18Cl2FN5O2. The van der Waals surface area contributed by atoms with E-state index < -0.39 is 18.0 Å². The van der Waals surface area contributed by atoms with E-state index in [1.54, 1.807) is 11.1 Å². The average Bonchev–Trinajstić information content (AvgIpc) is 3.21. The molecule has 1 fully saturated rings. The van der Waals surface area contributed by atoms with E-state index in [1.165, 1.54) is 30.7 Å². The molecule has 3 aromatic rings. The minimum absolute atomic E-state index is 0.0454. The number of rotatable bonds is 5. The van der Waals surface area contributed by atoms with Crippen molar-refractivity contribution >= 4 is 40.6 Å². The van der Waals surface area contributed by atoms with Gasteiger partial charge in [0.25, 0.3) is 5.91 Å². The van der Waals surface area contributed by atoms with E-state index in [0.717, 1.165) is 12.5 Å². The Bertz CT molecular complexity index is 1260. The quantitative estimate of drug-likeness (QED) is 0.458. The maximum Gasteiger partial charge on any atom is 0.257 e. The minimum atomic E-state index is -0.660. The smallest absolute Gasteiger partial charge is 0.257 e. The van der Waals surface area contributed by atoms with Crippen molar-refractivity contribution in [3.63, 3.8) is 0 Å². The van der Waals surface area contributed by atoms with E-state index >= 15 is 0 Å². The van der Waals surface area contributed by atoms with Gasteiger partial charge in [0.2, 0.25) is 0 Å². The molecule has 0 aliphatic carbocycles. The third-order valence-electron chi connectivity index (χ3n) is 5.14. The van der Waals surface area contributed by atoms with Gasteiger partial charge in [0.05, 0.1) is 33.1 Å². The number of aliphatic hydroxyl groups excluding tert-OH is 1. The zero-order chi connectivity index (χ0) is 23.5. The molecule has 1 saturated heterocycles. The van der Waals surface area contributed by atoms with E-state index in [0.29, 0.717) is 35.6 Å². The summed E-state index contributed by atoms with van der Waals surface area (Å²) in [6, 6.07) is 5.47. The lowest BCUT2D eigenvalue weighted by atomic mass is 10.00. The first-order valence-electron chi connectivity index (χ1n) is 9.95. The lowest BCUT2D eigenvalue weighted by Crippen LogP contribution is -2.34. The molecule has 7 nitrogen and oxygen atoms in total. The second-order valence-corrected chi connectivity index (χ2v) is 8.13. The van der Waals surface area contributed by atoms with E-state index in [2.05, 4.69) is 26.6 Å². The zero-order valence-corrected chi connectivity index (χ0v) is 18.7. The van der Waals surface area contributed by atoms with Crippen LogP contribution in [0.1, 0.15) is 28.8 Å². The summed E-state index contributed by atoms with van der Waals surface area (Å²) in [6.07, 6.45) is 10.7. The Hall–Kier alpha value is -3.22. The number of hydrogen-bond donors (Lipinski definition) is 3. The minimum Gasteiger partial charge on any atom is -0.377 e. The number of aliphatic hydroxyl groups is 1. The fraction of sp³-hybridized carbons (Fsp3) is 0.174. The van der Waals surface area contributed by atoms with Crippen molar-refractivity contribution < 1.29 is 14.3 Å². The fourth-order valence-corrected chi connectivity index (χ4v) is 3.93. The third-order valence-corrected chi connectivity index (χ3v) is 5.74.